The fourth-order valence-corrected chi connectivity index (χ4v) is 3.92. The Balaban J connectivity index is 1.64. The minimum absolute atomic E-state index is 0.346. The van der Waals surface area contributed by atoms with Crippen LogP contribution in [0.4, 0.5) is 5.82 Å². The average molecular weight is 442 g/mol. The molecule has 6 nitrogen and oxygen atoms in total. The van der Waals surface area contributed by atoms with Gasteiger partial charge in [-0.25, -0.2) is 9.78 Å². The van der Waals surface area contributed by atoms with Crippen molar-refractivity contribution in [1.82, 2.24) is 9.97 Å². The van der Waals surface area contributed by atoms with Crippen LogP contribution in [0.15, 0.2) is 54.7 Å². The molecule has 0 atom stereocenters. The number of nitrogen functional groups attached to an aromatic ring is 1. The molecule has 0 aliphatic carbocycles. The van der Waals surface area contributed by atoms with Gasteiger partial charge in [-0.1, -0.05) is 18.2 Å². The van der Waals surface area contributed by atoms with Crippen molar-refractivity contribution in [2.24, 2.45) is 0 Å². The molecule has 33 heavy (non-hydrogen) atoms. The van der Waals surface area contributed by atoms with E-state index < -0.39 is 0 Å². The van der Waals surface area contributed by atoms with Crippen LogP contribution >= 0.6 is 0 Å². The third-order valence-electron chi connectivity index (χ3n) is 5.67. The first-order valence-electron chi connectivity index (χ1n) is 10.9. The van der Waals surface area contributed by atoms with Crippen molar-refractivity contribution in [3.05, 3.63) is 77.0 Å². The van der Waals surface area contributed by atoms with Crippen molar-refractivity contribution in [3.8, 4) is 5.75 Å². The van der Waals surface area contributed by atoms with E-state index in [0.717, 1.165) is 46.0 Å². The zero-order chi connectivity index (χ0) is 23.4. The number of hydrogen-bond donors (Lipinski definition) is 1. The van der Waals surface area contributed by atoms with E-state index >= 15 is 0 Å². The maximum atomic E-state index is 11.6. The molecule has 2 aromatic carbocycles. The summed E-state index contributed by atoms with van der Waals surface area (Å²) in [7, 11) is 1.68. The van der Waals surface area contributed by atoms with Crippen LogP contribution in [0.25, 0.3) is 27.9 Å². The van der Waals surface area contributed by atoms with E-state index in [-0.39, 0.29) is 5.97 Å². The lowest BCUT2D eigenvalue weighted by atomic mass is 9.99. The second kappa shape index (κ2) is 9.69. The zero-order valence-corrected chi connectivity index (χ0v) is 19.1. The van der Waals surface area contributed by atoms with Crippen LogP contribution in [-0.2, 0) is 22.4 Å². The number of carbonyl (C=O) groups excluding carboxylic acids is 1. The highest BCUT2D eigenvalue weighted by Crippen LogP contribution is 2.29. The molecule has 4 aromatic rings. The van der Waals surface area contributed by atoms with Gasteiger partial charge in [0.05, 0.1) is 19.2 Å². The Labute approximate surface area is 193 Å². The van der Waals surface area contributed by atoms with Crippen LogP contribution in [0.5, 0.6) is 5.75 Å². The third kappa shape index (κ3) is 4.95. The molecular formula is C27H27N3O3. The van der Waals surface area contributed by atoms with Crippen molar-refractivity contribution in [2.75, 3.05) is 19.5 Å². The summed E-state index contributed by atoms with van der Waals surface area (Å²) in [5, 5.41) is 1.95. The Bertz CT molecular complexity index is 1360. The molecule has 0 aliphatic rings. The van der Waals surface area contributed by atoms with Gasteiger partial charge in [0.2, 0.25) is 0 Å². The van der Waals surface area contributed by atoms with Crippen LogP contribution in [0.2, 0.25) is 0 Å². The number of rotatable bonds is 7. The fraction of sp³-hybridized carbons (Fsp3) is 0.222. The second-order valence-corrected chi connectivity index (χ2v) is 7.89. The first kappa shape index (κ1) is 22.3. The van der Waals surface area contributed by atoms with Gasteiger partial charge in [-0.05, 0) is 79.3 Å². The van der Waals surface area contributed by atoms with Gasteiger partial charge >= 0.3 is 5.97 Å². The summed E-state index contributed by atoms with van der Waals surface area (Å²) in [6.45, 7) is 4.22. The lowest BCUT2D eigenvalue weighted by Crippen LogP contribution is -1.99. The van der Waals surface area contributed by atoms with Crippen molar-refractivity contribution in [3.63, 3.8) is 0 Å². The summed E-state index contributed by atoms with van der Waals surface area (Å²) in [6, 6.07) is 14.2. The van der Waals surface area contributed by atoms with E-state index in [0.29, 0.717) is 17.9 Å². The van der Waals surface area contributed by atoms with Gasteiger partial charge in [0, 0.05) is 23.0 Å². The predicted octanol–water partition coefficient (Wildman–Crippen LogP) is 5.04. The van der Waals surface area contributed by atoms with Gasteiger partial charge in [-0.2, -0.15) is 0 Å². The number of ether oxygens (including phenoxy) is 2. The number of nitrogens with two attached hydrogens (primary N) is 1. The molecule has 0 radical (unpaired) electrons. The fourth-order valence-electron chi connectivity index (χ4n) is 3.92. The van der Waals surface area contributed by atoms with Crippen LogP contribution in [0.1, 0.15) is 29.2 Å². The molecule has 0 saturated heterocycles. The van der Waals surface area contributed by atoms with Crippen molar-refractivity contribution >= 4 is 39.7 Å². The van der Waals surface area contributed by atoms with Gasteiger partial charge in [0.1, 0.15) is 11.3 Å². The molecule has 0 spiro atoms. The van der Waals surface area contributed by atoms with Gasteiger partial charge in [-0.15, -0.1) is 0 Å². The number of esters is 1. The number of fused-ring (bicyclic) bond motifs is 3. The quantitative estimate of drug-likeness (QED) is 0.245. The number of aryl methyl sites for hydroxylation is 3. The highest BCUT2D eigenvalue weighted by Gasteiger charge is 2.10. The lowest BCUT2D eigenvalue weighted by molar-refractivity contribution is -0.137. The largest absolute Gasteiger partial charge is 0.497 e. The van der Waals surface area contributed by atoms with Gasteiger partial charge < -0.3 is 15.2 Å². The van der Waals surface area contributed by atoms with E-state index in [1.165, 1.54) is 17.2 Å². The van der Waals surface area contributed by atoms with Crippen LogP contribution < -0.4 is 10.5 Å². The molecule has 0 unspecified atom stereocenters. The zero-order valence-electron chi connectivity index (χ0n) is 19.1. The number of anilines is 1. The molecule has 0 amide bonds. The summed E-state index contributed by atoms with van der Waals surface area (Å²) < 4.78 is 10.2. The molecule has 2 N–H and O–H groups in total. The minimum atomic E-state index is -0.371. The summed E-state index contributed by atoms with van der Waals surface area (Å²) >= 11 is 0. The molecule has 6 heteroatoms. The molecule has 0 aliphatic heterocycles. The van der Waals surface area contributed by atoms with Crippen LogP contribution in [0, 0.1) is 6.92 Å². The normalized spacial score (nSPS) is 11.4. The lowest BCUT2D eigenvalue weighted by Gasteiger charge is -2.10. The molecule has 2 heterocycles. The highest BCUT2D eigenvalue weighted by molar-refractivity contribution is 6.08. The predicted molar refractivity (Wildman–Crippen MR) is 132 cm³/mol. The maximum absolute atomic E-state index is 11.6. The number of methoxy groups -OCH3 is 1. The van der Waals surface area contributed by atoms with Crippen LogP contribution in [-0.4, -0.2) is 29.7 Å². The molecule has 4 rings (SSSR count). The van der Waals surface area contributed by atoms with E-state index in [1.807, 2.05) is 30.5 Å². The standard InChI is InChI=1S/C27H27N3O3/c1-4-33-25(31)12-7-18-6-11-22-23-14-19(16-29-26(23)27(28)30-24(22)15-18)5-8-20-9-10-21(32-3)13-17(20)2/h6-7,9-16H,4-5,8H2,1-3H3,(H2,28,30). The maximum Gasteiger partial charge on any atom is 0.330 e. The molecule has 2 aromatic heterocycles. The topological polar surface area (TPSA) is 87.3 Å². The summed E-state index contributed by atoms with van der Waals surface area (Å²) in [5.74, 6) is 0.889. The molecule has 0 saturated carbocycles. The monoisotopic (exact) mass is 441 g/mol. The minimum Gasteiger partial charge on any atom is -0.497 e. The van der Waals surface area contributed by atoms with Gasteiger partial charge in [-0.3, -0.25) is 4.98 Å². The second-order valence-electron chi connectivity index (χ2n) is 7.89. The number of carbonyl (C=O) groups is 1. The Morgan fingerprint density at radius 1 is 1.09 bits per heavy atom. The molecule has 0 bridgehead atoms. The Morgan fingerprint density at radius 3 is 2.70 bits per heavy atom. The number of nitrogens with zero attached hydrogens (tertiary/aromatic N) is 2. The summed E-state index contributed by atoms with van der Waals surface area (Å²) in [5.41, 5.74) is 12.2. The average Bonchev–Trinajstić information content (AvgIpc) is 2.82. The number of hydrogen-bond acceptors (Lipinski definition) is 6. The Kier molecular flexibility index (Phi) is 6.54. The Morgan fingerprint density at radius 2 is 1.94 bits per heavy atom. The van der Waals surface area contributed by atoms with Gasteiger partial charge in [0.15, 0.2) is 5.82 Å². The smallest absolute Gasteiger partial charge is 0.330 e. The SMILES string of the molecule is CCOC(=O)C=Cc1ccc2c(c1)nc(N)c1ncc(CCc3ccc(OC)cc3C)cc12. The Hall–Kier alpha value is -3.93. The summed E-state index contributed by atoms with van der Waals surface area (Å²) in [6.07, 6.45) is 6.77. The molecule has 0 fully saturated rings. The number of aromatic nitrogens is 2. The molecule has 168 valence electrons. The van der Waals surface area contributed by atoms with Crippen molar-refractivity contribution < 1.29 is 14.3 Å². The first-order chi connectivity index (χ1) is 16.0. The van der Waals surface area contributed by atoms with Crippen LogP contribution in [0.3, 0.4) is 0 Å². The van der Waals surface area contributed by atoms with Gasteiger partial charge in [0.25, 0.3) is 0 Å². The van der Waals surface area contributed by atoms with E-state index in [9.17, 15) is 4.79 Å². The van der Waals surface area contributed by atoms with Crippen molar-refractivity contribution in [1.29, 1.82) is 0 Å². The third-order valence-corrected chi connectivity index (χ3v) is 5.67. The van der Waals surface area contributed by atoms with E-state index in [1.54, 1.807) is 20.1 Å². The van der Waals surface area contributed by atoms with E-state index in [4.69, 9.17) is 15.2 Å². The first-order valence-corrected chi connectivity index (χ1v) is 10.9. The van der Waals surface area contributed by atoms with Crippen molar-refractivity contribution in [2.45, 2.75) is 26.7 Å². The number of pyridine rings is 2. The van der Waals surface area contributed by atoms with E-state index in [2.05, 4.69) is 35.1 Å². The summed E-state index contributed by atoms with van der Waals surface area (Å²) in [4.78, 5) is 20.7. The molecular weight excluding hydrogens is 414 g/mol. The number of benzene rings is 2. The highest BCUT2D eigenvalue weighted by atomic mass is 16.5.